The number of rotatable bonds is 20. The van der Waals surface area contributed by atoms with E-state index in [9.17, 15) is 4.39 Å². The average molecular weight is 523 g/mol. The highest BCUT2D eigenvalue weighted by molar-refractivity contribution is 6.99. The summed E-state index contributed by atoms with van der Waals surface area (Å²) in [5.74, 6) is 0. The van der Waals surface area contributed by atoms with Gasteiger partial charge in [-0.05, 0) is 15.4 Å². The first-order valence-electron chi connectivity index (χ1n) is 12.7. The summed E-state index contributed by atoms with van der Waals surface area (Å²) in [7, 11) is -2.52. The van der Waals surface area contributed by atoms with Crippen molar-refractivity contribution in [2.45, 2.75) is 25.8 Å². The molecule has 8 heteroatoms. The first kappa shape index (κ1) is 30.6. The van der Waals surface area contributed by atoms with Crippen molar-refractivity contribution in [3.63, 3.8) is 0 Å². The average Bonchev–Trinajstić information content (AvgIpc) is 2.88. The van der Waals surface area contributed by atoms with Gasteiger partial charge in [-0.2, -0.15) is 0 Å². The molecule has 0 amide bonds. The highest BCUT2D eigenvalue weighted by Crippen LogP contribution is 2.36. The molecule has 0 unspecified atom stereocenters. The molecular weight excluding hydrogens is 479 g/mol. The largest absolute Gasteiger partial charge is 0.405 e. The summed E-state index contributed by atoms with van der Waals surface area (Å²) in [5, 5.41) is 2.48. The van der Waals surface area contributed by atoms with Crippen LogP contribution in [0.2, 0.25) is 5.04 Å². The maximum Gasteiger partial charge on any atom is 0.261 e. The fraction of sp³-hybridized carbons (Fsp3) is 0.571. The van der Waals surface area contributed by atoms with Gasteiger partial charge in [-0.15, -0.1) is 0 Å². The lowest BCUT2D eigenvalue weighted by molar-refractivity contribution is -0.0134. The van der Waals surface area contributed by atoms with Crippen molar-refractivity contribution < 1.29 is 32.5 Å². The summed E-state index contributed by atoms with van der Waals surface area (Å²) >= 11 is 0. The summed E-state index contributed by atoms with van der Waals surface area (Å²) in [6, 6.07) is 21.2. The summed E-state index contributed by atoms with van der Waals surface area (Å²) in [5.41, 5.74) is 0. The Hall–Kier alpha value is -1.65. The van der Waals surface area contributed by atoms with E-state index in [1.54, 1.807) is 0 Å². The Morgan fingerprint density at radius 1 is 0.528 bits per heavy atom. The topological polar surface area (TPSA) is 55.4 Å². The molecule has 0 radical (unpaired) electrons. The molecule has 2 rings (SSSR count). The molecule has 0 bridgehead atoms. The second-order valence-electron chi connectivity index (χ2n) is 9.26. The Kier molecular flexibility index (Phi) is 15.1. The van der Waals surface area contributed by atoms with E-state index in [0.717, 1.165) is 0 Å². The number of ether oxygens (including phenoxy) is 5. The van der Waals surface area contributed by atoms with E-state index in [2.05, 4.69) is 69.3 Å². The first-order valence-corrected chi connectivity index (χ1v) is 14.6. The van der Waals surface area contributed by atoms with Crippen molar-refractivity contribution in [3.8, 4) is 0 Å². The highest BCUT2D eigenvalue weighted by atomic mass is 28.4. The second-order valence-corrected chi connectivity index (χ2v) is 13.6. The third kappa shape index (κ3) is 10.4. The van der Waals surface area contributed by atoms with Gasteiger partial charge in [-0.3, -0.25) is 0 Å². The normalized spacial score (nSPS) is 12.2. The minimum Gasteiger partial charge on any atom is -0.405 e. The van der Waals surface area contributed by atoms with E-state index in [0.29, 0.717) is 66.1 Å². The van der Waals surface area contributed by atoms with Gasteiger partial charge in [0.1, 0.15) is 6.67 Å². The molecule has 0 N–H and O–H groups in total. The van der Waals surface area contributed by atoms with Gasteiger partial charge < -0.3 is 28.1 Å². The Labute approximate surface area is 217 Å². The molecule has 6 nitrogen and oxygen atoms in total. The van der Waals surface area contributed by atoms with E-state index in [1.807, 2.05) is 12.1 Å². The maximum absolute atomic E-state index is 11.9. The predicted octanol–water partition coefficient (Wildman–Crippen LogP) is 3.62. The second kappa shape index (κ2) is 17.7. The Bertz CT molecular complexity index is 748. The molecule has 202 valence electrons. The lowest BCUT2D eigenvalue weighted by atomic mass is 10.2. The highest BCUT2D eigenvalue weighted by Gasteiger charge is 2.49. The molecular formula is C28H43FO6Si. The third-order valence-electron chi connectivity index (χ3n) is 5.67. The van der Waals surface area contributed by atoms with Gasteiger partial charge in [0.15, 0.2) is 0 Å². The fourth-order valence-electron chi connectivity index (χ4n) is 4.05. The summed E-state index contributed by atoms with van der Waals surface area (Å²) in [4.78, 5) is 0. The van der Waals surface area contributed by atoms with Crippen molar-refractivity contribution in [1.29, 1.82) is 0 Å². The Morgan fingerprint density at radius 2 is 0.861 bits per heavy atom. The number of alkyl halides is 1. The number of hydrogen-bond acceptors (Lipinski definition) is 6. The van der Waals surface area contributed by atoms with Gasteiger partial charge in [-0.25, -0.2) is 4.39 Å². The van der Waals surface area contributed by atoms with Crippen LogP contribution in [0.15, 0.2) is 60.7 Å². The van der Waals surface area contributed by atoms with Gasteiger partial charge in [0.2, 0.25) is 0 Å². The first-order chi connectivity index (χ1) is 17.5. The van der Waals surface area contributed by atoms with Gasteiger partial charge in [0, 0.05) is 0 Å². The van der Waals surface area contributed by atoms with Crippen LogP contribution in [0.3, 0.4) is 0 Å². The van der Waals surface area contributed by atoms with Crippen LogP contribution >= 0.6 is 0 Å². The van der Waals surface area contributed by atoms with Gasteiger partial charge in [0.05, 0.1) is 72.7 Å². The minimum absolute atomic E-state index is 0.0486. The quantitative estimate of drug-likeness (QED) is 0.196. The molecule has 0 aromatic heterocycles. The van der Waals surface area contributed by atoms with Crippen LogP contribution in [-0.4, -0.2) is 87.7 Å². The maximum atomic E-state index is 11.9. The van der Waals surface area contributed by atoms with Gasteiger partial charge in [-0.1, -0.05) is 81.4 Å². The van der Waals surface area contributed by atoms with E-state index in [-0.39, 0.29) is 11.6 Å². The standard InChI is InChI=1S/C28H43FO6Si/c1-28(2,3)36(26-10-6-4-7-11-26,27-12-8-5-9-13-27)35-25-24-34-23-22-33-21-20-32-19-18-31-17-16-30-15-14-29/h4-13H,14-25H2,1-3H3. The van der Waals surface area contributed by atoms with Crippen LogP contribution in [0.5, 0.6) is 0 Å². The van der Waals surface area contributed by atoms with Crippen LogP contribution in [0.1, 0.15) is 20.8 Å². The van der Waals surface area contributed by atoms with E-state index < -0.39 is 15.0 Å². The van der Waals surface area contributed by atoms with Crippen LogP contribution < -0.4 is 10.4 Å². The fourth-order valence-corrected chi connectivity index (χ4v) is 8.60. The molecule has 0 aliphatic rings. The van der Waals surface area contributed by atoms with Crippen molar-refractivity contribution in [1.82, 2.24) is 0 Å². The Morgan fingerprint density at radius 3 is 1.19 bits per heavy atom. The molecule has 0 aliphatic heterocycles. The van der Waals surface area contributed by atoms with E-state index >= 15 is 0 Å². The number of halogens is 1. The lowest BCUT2D eigenvalue weighted by Gasteiger charge is -2.43. The summed E-state index contributed by atoms with van der Waals surface area (Å²) in [6.45, 7) is 11.3. The van der Waals surface area contributed by atoms with E-state index in [4.69, 9.17) is 28.1 Å². The van der Waals surface area contributed by atoms with Crippen LogP contribution in [0.25, 0.3) is 0 Å². The molecule has 0 spiro atoms. The molecule has 0 fully saturated rings. The predicted molar refractivity (Wildman–Crippen MR) is 144 cm³/mol. The summed E-state index contributed by atoms with van der Waals surface area (Å²) in [6.07, 6.45) is 0. The smallest absolute Gasteiger partial charge is 0.261 e. The Balaban J connectivity index is 1.65. The molecule has 2 aromatic rings. The molecule has 0 saturated heterocycles. The molecule has 36 heavy (non-hydrogen) atoms. The molecule has 2 aromatic carbocycles. The lowest BCUT2D eigenvalue weighted by Crippen LogP contribution is -2.66. The number of benzene rings is 2. The van der Waals surface area contributed by atoms with Crippen molar-refractivity contribution in [2.75, 3.05) is 79.4 Å². The molecule has 0 aliphatic carbocycles. The zero-order chi connectivity index (χ0) is 26.0. The van der Waals surface area contributed by atoms with Crippen LogP contribution in [-0.2, 0) is 28.1 Å². The summed E-state index contributed by atoms with van der Waals surface area (Å²) < 4.78 is 45.8. The monoisotopic (exact) mass is 522 g/mol. The van der Waals surface area contributed by atoms with Gasteiger partial charge >= 0.3 is 0 Å². The van der Waals surface area contributed by atoms with Gasteiger partial charge in [0.25, 0.3) is 8.32 Å². The third-order valence-corrected chi connectivity index (χ3v) is 10.7. The van der Waals surface area contributed by atoms with E-state index in [1.165, 1.54) is 10.4 Å². The van der Waals surface area contributed by atoms with Crippen molar-refractivity contribution in [3.05, 3.63) is 60.7 Å². The molecule has 0 atom stereocenters. The SMILES string of the molecule is CC(C)(C)[Si](OCCOCCOCCOCCOCCOCCF)(c1ccccc1)c1ccccc1. The van der Waals surface area contributed by atoms with Crippen LogP contribution in [0.4, 0.5) is 4.39 Å². The zero-order valence-electron chi connectivity index (χ0n) is 22.1. The molecule has 0 saturated carbocycles. The van der Waals surface area contributed by atoms with Crippen LogP contribution in [0, 0.1) is 0 Å². The van der Waals surface area contributed by atoms with Crippen molar-refractivity contribution >= 4 is 18.7 Å². The van der Waals surface area contributed by atoms with Crippen molar-refractivity contribution in [2.24, 2.45) is 0 Å². The molecule has 0 heterocycles. The number of hydrogen-bond donors (Lipinski definition) is 0. The minimum atomic E-state index is -2.52. The zero-order valence-corrected chi connectivity index (χ0v) is 23.1.